The van der Waals surface area contributed by atoms with Gasteiger partial charge in [-0.05, 0) is 16.7 Å². The van der Waals surface area contributed by atoms with Gasteiger partial charge in [-0.15, -0.1) is 11.8 Å². The van der Waals surface area contributed by atoms with Crippen molar-refractivity contribution in [2.75, 3.05) is 0 Å². The molecule has 0 heterocycles. The molecule has 20 heavy (non-hydrogen) atoms. The Morgan fingerprint density at radius 2 is 1.60 bits per heavy atom. The quantitative estimate of drug-likeness (QED) is 0.572. The molecule has 0 aliphatic heterocycles. The molecule has 0 bridgehead atoms. The maximum atomic E-state index is 10.6. The monoisotopic (exact) mass is 310 g/mol. The van der Waals surface area contributed by atoms with Crippen LogP contribution in [0.1, 0.15) is 21.5 Å². The number of thiocarbonyl (C=S) groups is 1. The minimum atomic E-state index is -1.15. The van der Waals surface area contributed by atoms with Gasteiger partial charge in [-0.3, -0.25) is 0 Å². The van der Waals surface area contributed by atoms with Gasteiger partial charge in [-0.2, -0.15) is 0 Å². The molecule has 0 aromatic heterocycles. The Kier molecular flexibility index (Phi) is 7.48. The molecule has 0 saturated heterocycles. The average molecular weight is 310 g/mol. The molecule has 0 unspecified atom stereocenters. The molecule has 0 aliphatic carbocycles. The van der Waals surface area contributed by atoms with Gasteiger partial charge in [0.2, 0.25) is 0 Å². The summed E-state index contributed by atoms with van der Waals surface area (Å²) < 4.78 is 0.838. The number of hydrogen-bond acceptors (Lipinski definition) is 4. The molecule has 0 saturated carbocycles. The van der Waals surface area contributed by atoms with E-state index in [4.69, 9.17) is 12.2 Å². The average Bonchev–Trinajstić information content (AvgIpc) is 2.46. The Labute approximate surface area is 149 Å². The van der Waals surface area contributed by atoms with Crippen molar-refractivity contribution in [3.63, 3.8) is 0 Å². The third-order valence-corrected chi connectivity index (χ3v) is 4.13. The number of carbonyl (C=O) groups is 1. The summed E-state index contributed by atoms with van der Waals surface area (Å²) in [5.74, 6) is -0.430. The molecule has 2 aromatic rings. The minimum Gasteiger partial charge on any atom is -0.545 e. The predicted molar refractivity (Wildman–Crippen MR) is 80.2 cm³/mol. The second-order valence-electron chi connectivity index (χ2n) is 3.93. The van der Waals surface area contributed by atoms with Crippen molar-refractivity contribution in [2.24, 2.45) is 0 Å². The number of carboxylic acids is 1. The molecular weight excluding hydrogens is 299 g/mol. The van der Waals surface area contributed by atoms with Crippen LogP contribution in [0, 0.1) is 0 Å². The molecule has 0 atom stereocenters. The van der Waals surface area contributed by atoms with Crippen LogP contribution in [0.3, 0.4) is 0 Å². The van der Waals surface area contributed by atoms with Crippen molar-refractivity contribution < 1.29 is 39.5 Å². The largest absolute Gasteiger partial charge is 1.00 e. The number of benzene rings is 2. The molecule has 96 valence electrons. The van der Waals surface area contributed by atoms with E-state index in [1.54, 1.807) is 36.0 Å². The van der Waals surface area contributed by atoms with Crippen LogP contribution in [0.2, 0.25) is 0 Å². The van der Waals surface area contributed by atoms with Crippen LogP contribution in [-0.2, 0) is 5.75 Å². The predicted octanol–water partition coefficient (Wildman–Crippen LogP) is -0.337. The molecule has 2 aromatic carbocycles. The van der Waals surface area contributed by atoms with Gasteiger partial charge in [-0.25, -0.2) is 0 Å². The van der Waals surface area contributed by atoms with E-state index in [0.717, 1.165) is 21.1 Å². The number of aromatic carboxylic acids is 1. The Morgan fingerprint density at radius 1 is 1.00 bits per heavy atom. The topological polar surface area (TPSA) is 40.1 Å². The molecule has 2 nitrogen and oxygen atoms in total. The normalized spacial score (nSPS) is 9.60. The maximum absolute atomic E-state index is 10.6. The van der Waals surface area contributed by atoms with Gasteiger partial charge in [0.05, 0.1) is 10.2 Å². The summed E-state index contributed by atoms with van der Waals surface area (Å²) in [5.41, 5.74) is 2.27. The summed E-state index contributed by atoms with van der Waals surface area (Å²) in [6.45, 7) is 0. The summed E-state index contributed by atoms with van der Waals surface area (Å²) in [4.78, 5) is 10.6. The number of carboxylic acid groups (broad SMARTS) is 1. The first kappa shape index (κ1) is 17.4. The molecule has 0 N–H and O–H groups in total. The summed E-state index contributed by atoms with van der Waals surface area (Å²) in [5, 5.41) is 10.6. The molecule has 0 spiro atoms. The maximum Gasteiger partial charge on any atom is 1.00 e. The van der Waals surface area contributed by atoms with E-state index in [1.165, 1.54) is 0 Å². The van der Waals surface area contributed by atoms with E-state index >= 15 is 0 Å². The zero-order valence-corrected chi connectivity index (χ0v) is 14.7. The van der Waals surface area contributed by atoms with Crippen molar-refractivity contribution in [3.05, 3.63) is 71.3 Å². The summed E-state index contributed by atoms with van der Waals surface area (Å²) >= 11 is 6.91. The van der Waals surface area contributed by atoms with Crippen LogP contribution < -0.4 is 34.7 Å². The number of rotatable bonds is 4. The van der Waals surface area contributed by atoms with E-state index in [9.17, 15) is 9.90 Å². The van der Waals surface area contributed by atoms with Crippen molar-refractivity contribution in [1.29, 1.82) is 0 Å². The third-order valence-electron chi connectivity index (χ3n) is 2.57. The molecule has 0 radical (unpaired) electrons. The smallest absolute Gasteiger partial charge is 0.545 e. The Morgan fingerprint density at radius 3 is 2.15 bits per heavy atom. The van der Waals surface area contributed by atoms with Crippen LogP contribution in [0.15, 0.2) is 54.6 Å². The molecular formula is C15H11NaO2S2. The van der Waals surface area contributed by atoms with Crippen molar-refractivity contribution in [1.82, 2.24) is 0 Å². The van der Waals surface area contributed by atoms with E-state index in [0.29, 0.717) is 0 Å². The number of thioether (sulfide) groups is 1. The first-order valence-electron chi connectivity index (χ1n) is 5.69. The van der Waals surface area contributed by atoms with Crippen LogP contribution in [-0.4, -0.2) is 10.2 Å². The van der Waals surface area contributed by atoms with E-state index in [2.05, 4.69) is 0 Å². The Hall–Kier alpha value is -0.650. The summed E-state index contributed by atoms with van der Waals surface area (Å²) in [7, 11) is 0. The van der Waals surface area contributed by atoms with Gasteiger partial charge in [0.15, 0.2) is 0 Å². The van der Waals surface area contributed by atoms with Gasteiger partial charge < -0.3 is 9.90 Å². The first-order valence-corrected chi connectivity index (χ1v) is 7.08. The Balaban J connectivity index is 0.00000200. The second kappa shape index (κ2) is 8.60. The molecule has 0 fully saturated rings. The zero-order chi connectivity index (χ0) is 13.7. The molecule has 2 rings (SSSR count). The van der Waals surface area contributed by atoms with Gasteiger partial charge in [0, 0.05) is 5.75 Å². The minimum absolute atomic E-state index is 0. The summed E-state index contributed by atoms with van der Waals surface area (Å²) in [6, 6.07) is 16.5. The second-order valence-corrected chi connectivity index (χ2v) is 5.58. The van der Waals surface area contributed by atoms with Gasteiger partial charge >= 0.3 is 29.6 Å². The fourth-order valence-electron chi connectivity index (χ4n) is 1.54. The third kappa shape index (κ3) is 5.04. The van der Waals surface area contributed by atoms with E-state index < -0.39 is 5.97 Å². The number of hydrogen-bond donors (Lipinski definition) is 0. The fraction of sp³-hybridized carbons (Fsp3) is 0.0667. The standard InChI is InChI=1S/C15H12O2S2.Na/c16-14(17)12-8-6-11(7-9-12)10-19-15(18)13-4-2-1-3-5-13;/h1-9H,10H2,(H,16,17);/q;+1/p-1. The summed E-state index contributed by atoms with van der Waals surface area (Å²) in [6.07, 6.45) is 0. The zero-order valence-electron chi connectivity index (χ0n) is 11.0. The first-order chi connectivity index (χ1) is 9.16. The van der Waals surface area contributed by atoms with Crippen LogP contribution >= 0.6 is 24.0 Å². The molecule has 0 aliphatic rings. The van der Waals surface area contributed by atoms with Gasteiger partial charge in [-0.1, -0.05) is 66.8 Å². The van der Waals surface area contributed by atoms with Gasteiger partial charge in [0.25, 0.3) is 0 Å². The van der Waals surface area contributed by atoms with Crippen LogP contribution in [0.25, 0.3) is 0 Å². The number of carbonyl (C=O) groups excluding carboxylic acids is 1. The van der Waals surface area contributed by atoms with Gasteiger partial charge in [0.1, 0.15) is 0 Å². The Bertz CT molecular complexity index is 583. The van der Waals surface area contributed by atoms with E-state index in [1.807, 2.05) is 30.3 Å². The van der Waals surface area contributed by atoms with Crippen molar-refractivity contribution >= 4 is 34.1 Å². The SMILES string of the molecule is O=C([O-])c1ccc(CSC(=S)c2ccccc2)cc1.[Na+]. The molecule has 5 heteroatoms. The fourth-order valence-corrected chi connectivity index (χ4v) is 2.65. The van der Waals surface area contributed by atoms with E-state index in [-0.39, 0.29) is 35.1 Å². The van der Waals surface area contributed by atoms with Crippen LogP contribution in [0.5, 0.6) is 0 Å². The molecule has 0 amide bonds. The van der Waals surface area contributed by atoms with Crippen molar-refractivity contribution in [3.8, 4) is 0 Å². The van der Waals surface area contributed by atoms with Crippen molar-refractivity contribution in [2.45, 2.75) is 5.75 Å². The van der Waals surface area contributed by atoms with Crippen LogP contribution in [0.4, 0.5) is 0 Å².